The summed E-state index contributed by atoms with van der Waals surface area (Å²) in [6.07, 6.45) is 12.5. The molecule has 0 saturated carbocycles. The summed E-state index contributed by atoms with van der Waals surface area (Å²) in [5, 5.41) is 0. The number of likely N-dealkylation sites (tertiary alicyclic amines) is 1. The number of hydrogen-bond donors (Lipinski definition) is 0. The Bertz CT molecular complexity index is 300. The molecule has 0 aliphatic carbocycles. The van der Waals surface area contributed by atoms with Crippen molar-refractivity contribution in [3.05, 3.63) is 12.2 Å². The van der Waals surface area contributed by atoms with E-state index >= 15 is 0 Å². The minimum atomic E-state index is 0.815. The third kappa shape index (κ3) is 11.2. The van der Waals surface area contributed by atoms with Crippen molar-refractivity contribution in [3.63, 3.8) is 0 Å². The second kappa shape index (κ2) is 14.9. The van der Waals surface area contributed by atoms with Gasteiger partial charge in [-0.3, -0.25) is 0 Å². The molecule has 0 radical (unpaired) electrons. The van der Waals surface area contributed by atoms with Crippen LogP contribution in [-0.2, 0) is 9.47 Å². The Kier molecular flexibility index (Phi) is 13.5. The van der Waals surface area contributed by atoms with Crippen LogP contribution in [0.15, 0.2) is 12.2 Å². The molecule has 1 atom stereocenters. The summed E-state index contributed by atoms with van der Waals surface area (Å²) >= 11 is 0. The van der Waals surface area contributed by atoms with Crippen LogP contribution < -0.4 is 0 Å². The van der Waals surface area contributed by atoms with Crippen molar-refractivity contribution in [1.82, 2.24) is 4.90 Å². The third-order valence-corrected chi connectivity index (χ3v) is 5.23. The summed E-state index contributed by atoms with van der Waals surface area (Å²) in [5.41, 5.74) is 1.39. The second-order valence-electron chi connectivity index (χ2n) is 7.32. The highest BCUT2D eigenvalue weighted by atomic mass is 16.5. The largest absolute Gasteiger partial charge is 0.385 e. The molecule has 0 aromatic rings. The van der Waals surface area contributed by atoms with Gasteiger partial charge in [0, 0.05) is 33.5 Å². The summed E-state index contributed by atoms with van der Waals surface area (Å²) in [7, 11) is 1.77. The van der Waals surface area contributed by atoms with Crippen LogP contribution in [0.3, 0.4) is 0 Å². The smallest absolute Gasteiger partial charge is 0.0478 e. The standard InChI is InChI=1S/C21H41NO2/c1-4-21(12-7-10-20(2)11-8-17-23-3)13-19-24-18-9-16-22-14-5-6-15-22/h21H,2,4-19H2,1,3H3. The maximum absolute atomic E-state index is 5.86. The molecule has 0 amide bonds. The summed E-state index contributed by atoms with van der Waals surface area (Å²) < 4.78 is 11.0. The molecule has 1 unspecified atom stereocenters. The molecule has 0 spiro atoms. The van der Waals surface area contributed by atoms with Crippen molar-refractivity contribution in [2.45, 2.75) is 71.1 Å². The Morgan fingerprint density at radius 2 is 1.75 bits per heavy atom. The van der Waals surface area contributed by atoms with Crippen LogP contribution in [0.25, 0.3) is 0 Å². The van der Waals surface area contributed by atoms with E-state index in [4.69, 9.17) is 9.47 Å². The normalized spacial score (nSPS) is 16.6. The predicted octanol–water partition coefficient (Wildman–Crippen LogP) is 5.06. The average molecular weight is 340 g/mol. The summed E-state index contributed by atoms with van der Waals surface area (Å²) in [5.74, 6) is 0.815. The van der Waals surface area contributed by atoms with Gasteiger partial charge in [-0.25, -0.2) is 0 Å². The molecule has 1 aliphatic rings. The van der Waals surface area contributed by atoms with Gasteiger partial charge in [0.15, 0.2) is 0 Å². The van der Waals surface area contributed by atoms with Crippen LogP contribution >= 0.6 is 0 Å². The number of allylic oxidation sites excluding steroid dienone is 1. The van der Waals surface area contributed by atoms with E-state index in [1.165, 1.54) is 76.6 Å². The first-order chi connectivity index (χ1) is 11.8. The molecule has 0 bridgehead atoms. The minimum absolute atomic E-state index is 0.815. The van der Waals surface area contributed by atoms with E-state index in [0.29, 0.717) is 0 Å². The maximum atomic E-state index is 5.86. The molecule has 1 heterocycles. The topological polar surface area (TPSA) is 21.7 Å². The number of nitrogens with zero attached hydrogens (tertiary/aromatic N) is 1. The molecule has 0 aromatic carbocycles. The van der Waals surface area contributed by atoms with Crippen molar-refractivity contribution in [1.29, 1.82) is 0 Å². The lowest BCUT2D eigenvalue weighted by Crippen LogP contribution is -2.21. The number of hydrogen-bond acceptors (Lipinski definition) is 3. The van der Waals surface area contributed by atoms with E-state index in [1.54, 1.807) is 7.11 Å². The van der Waals surface area contributed by atoms with E-state index in [0.717, 1.165) is 38.6 Å². The van der Waals surface area contributed by atoms with Gasteiger partial charge in [-0.15, -0.1) is 0 Å². The summed E-state index contributed by atoms with van der Waals surface area (Å²) in [6.45, 7) is 13.1. The quantitative estimate of drug-likeness (QED) is 0.290. The van der Waals surface area contributed by atoms with Crippen LogP contribution in [0.1, 0.15) is 71.1 Å². The first-order valence-corrected chi connectivity index (χ1v) is 10.2. The molecule has 1 rings (SSSR count). The summed E-state index contributed by atoms with van der Waals surface area (Å²) in [6, 6.07) is 0. The van der Waals surface area contributed by atoms with Crippen molar-refractivity contribution < 1.29 is 9.47 Å². The van der Waals surface area contributed by atoms with E-state index in [9.17, 15) is 0 Å². The van der Waals surface area contributed by atoms with Gasteiger partial charge < -0.3 is 14.4 Å². The number of methoxy groups -OCH3 is 1. The fraction of sp³-hybridized carbons (Fsp3) is 0.905. The highest BCUT2D eigenvalue weighted by molar-refractivity contribution is 4.93. The molecule has 142 valence electrons. The van der Waals surface area contributed by atoms with Crippen LogP contribution in [0.4, 0.5) is 0 Å². The lowest BCUT2D eigenvalue weighted by molar-refractivity contribution is 0.109. The molecule has 0 N–H and O–H groups in total. The predicted molar refractivity (Wildman–Crippen MR) is 104 cm³/mol. The first-order valence-electron chi connectivity index (χ1n) is 10.2. The Morgan fingerprint density at radius 1 is 1.00 bits per heavy atom. The Hall–Kier alpha value is -0.380. The van der Waals surface area contributed by atoms with Gasteiger partial charge in [0.1, 0.15) is 0 Å². The molecule has 0 aromatic heterocycles. The minimum Gasteiger partial charge on any atom is -0.385 e. The summed E-state index contributed by atoms with van der Waals surface area (Å²) in [4.78, 5) is 2.57. The fourth-order valence-electron chi connectivity index (χ4n) is 3.53. The lowest BCUT2D eigenvalue weighted by Gasteiger charge is -2.16. The molecular formula is C21H41NO2. The highest BCUT2D eigenvalue weighted by Gasteiger charge is 2.10. The molecule has 1 fully saturated rings. The average Bonchev–Trinajstić information content (AvgIpc) is 3.10. The van der Waals surface area contributed by atoms with Gasteiger partial charge in [0.2, 0.25) is 0 Å². The van der Waals surface area contributed by atoms with E-state index in [2.05, 4.69) is 18.4 Å². The van der Waals surface area contributed by atoms with E-state index in [-0.39, 0.29) is 0 Å². The monoisotopic (exact) mass is 339 g/mol. The van der Waals surface area contributed by atoms with E-state index in [1.807, 2.05) is 0 Å². The van der Waals surface area contributed by atoms with Gasteiger partial charge in [-0.05, 0) is 70.4 Å². The molecule has 1 aliphatic heterocycles. The van der Waals surface area contributed by atoms with Crippen LogP contribution in [0.5, 0.6) is 0 Å². The third-order valence-electron chi connectivity index (χ3n) is 5.23. The van der Waals surface area contributed by atoms with Gasteiger partial charge in [-0.2, -0.15) is 0 Å². The zero-order valence-electron chi connectivity index (χ0n) is 16.4. The Balaban J connectivity index is 1.92. The van der Waals surface area contributed by atoms with Crippen LogP contribution in [0.2, 0.25) is 0 Å². The molecule has 3 nitrogen and oxygen atoms in total. The van der Waals surface area contributed by atoms with E-state index < -0.39 is 0 Å². The van der Waals surface area contributed by atoms with Gasteiger partial charge in [-0.1, -0.05) is 31.9 Å². The first kappa shape index (κ1) is 21.7. The van der Waals surface area contributed by atoms with Crippen LogP contribution in [-0.4, -0.2) is 51.5 Å². The number of rotatable bonds is 16. The molecule has 1 saturated heterocycles. The van der Waals surface area contributed by atoms with Crippen molar-refractivity contribution in [2.75, 3.05) is 46.6 Å². The fourth-order valence-corrected chi connectivity index (χ4v) is 3.53. The van der Waals surface area contributed by atoms with Gasteiger partial charge in [0.05, 0.1) is 0 Å². The van der Waals surface area contributed by atoms with Crippen molar-refractivity contribution in [2.24, 2.45) is 5.92 Å². The Labute approximate surface area is 150 Å². The zero-order chi connectivity index (χ0) is 17.5. The lowest BCUT2D eigenvalue weighted by atomic mass is 9.94. The second-order valence-corrected chi connectivity index (χ2v) is 7.32. The van der Waals surface area contributed by atoms with Gasteiger partial charge in [0.25, 0.3) is 0 Å². The Morgan fingerprint density at radius 3 is 2.46 bits per heavy atom. The molecular weight excluding hydrogens is 298 g/mol. The van der Waals surface area contributed by atoms with Gasteiger partial charge >= 0.3 is 0 Å². The van der Waals surface area contributed by atoms with Crippen molar-refractivity contribution >= 4 is 0 Å². The van der Waals surface area contributed by atoms with Crippen LogP contribution in [0, 0.1) is 5.92 Å². The SMILES string of the molecule is C=C(CCCOC)CCCC(CC)CCOCCCN1CCCC1. The number of ether oxygens (including phenoxy) is 2. The maximum Gasteiger partial charge on any atom is 0.0478 e. The molecule has 3 heteroatoms. The molecule has 24 heavy (non-hydrogen) atoms. The van der Waals surface area contributed by atoms with Crippen molar-refractivity contribution in [3.8, 4) is 0 Å². The zero-order valence-corrected chi connectivity index (χ0v) is 16.4. The highest BCUT2D eigenvalue weighted by Crippen LogP contribution is 2.20.